The van der Waals surface area contributed by atoms with Crippen molar-refractivity contribution in [2.75, 3.05) is 17.4 Å². The molecule has 3 rings (SSSR count). The molecule has 0 radical (unpaired) electrons. The number of halogens is 3. The van der Waals surface area contributed by atoms with E-state index >= 15 is 0 Å². The quantitative estimate of drug-likeness (QED) is 0.274. The lowest BCUT2D eigenvalue weighted by atomic mass is 10.1. The third-order valence-electron chi connectivity index (χ3n) is 6.05. The van der Waals surface area contributed by atoms with E-state index in [0.29, 0.717) is 12.1 Å². The summed E-state index contributed by atoms with van der Waals surface area (Å²) in [6, 6.07) is 16.5. The number of amides is 2. The summed E-state index contributed by atoms with van der Waals surface area (Å²) >= 11 is 12.6. The highest BCUT2D eigenvalue weighted by Gasteiger charge is 2.33. The van der Waals surface area contributed by atoms with Gasteiger partial charge in [-0.3, -0.25) is 13.9 Å². The summed E-state index contributed by atoms with van der Waals surface area (Å²) < 4.78 is 41.9. The van der Waals surface area contributed by atoms with Crippen LogP contribution in [0.2, 0.25) is 10.0 Å². The van der Waals surface area contributed by atoms with E-state index in [1.54, 1.807) is 25.1 Å². The van der Waals surface area contributed by atoms with Gasteiger partial charge in [-0.1, -0.05) is 66.9 Å². The molecule has 208 valence electrons. The first-order valence-corrected chi connectivity index (χ1v) is 14.6. The van der Waals surface area contributed by atoms with Crippen molar-refractivity contribution in [1.29, 1.82) is 0 Å². The SMILES string of the molecule is CCCCNC(=O)C(C)N(Cc1ccc(F)cc1)C(=O)CN(c1cc(Cl)ccc1Cl)S(=O)(=O)c1ccccc1. The number of sulfonamides is 1. The fourth-order valence-corrected chi connectivity index (χ4v) is 5.70. The lowest BCUT2D eigenvalue weighted by Crippen LogP contribution is -2.51. The summed E-state index contributed by atoms with van der Waals surface area (Å²) in [6.45, 7) is 3.27. The maximum atomic E-state index is 13.8. The number of rotatable bonds is 12. The number of nitrogens with zero attached hydrogens (tertiary/aromatic N) is 2. The van der Waals surface area contributed by atoms with Crippen LogP contribution in [0.15, 0.2) is 77.7 Å². The third kappa shape index (κ3) is 7.94. The molecule has 0 saturated heterocycles. The molecule has 0 fully saturated rings. The van der Waals surface area contributed by atoms with Crippen molar-refractivity contribution in [3.8, 4) is 0 Å². The highest BCUT2D eigenvalue weighted by Crippen LogP contribution is 2.33. The predicted octanol–water partition coefficient (Wildman–Crippen LogP) is 5.66. The number of hydrogen-bond donors (Lipinski definition) is 1. The molecule has 2 amide bonds. The van der Waals surface area contributed by atoms with Crippen LogP contribution >= 0.6 is 23.2 Å². The predicted molar refractivity (Wildman–Crippen MR) is 152 cm³/mol. The van der Waals surface area contributed by atoms with Crippen LogP contribution in [0.5, 0.6) is 0 Å². The number of hydrogen-bond acceptors (Lipinski definition) is 4. The van der Waals surface area contributed by atoms with Crippen molar-refractivity contribution in [3.05, 3.63) is 94.2 Å². The van der Waals surface area contributed by atoms with E-state index in [0.717, 1.165) is 17.1 Å². The van der Waals surface area contributed by atoms with Gasteiger partial charge in [0.05, 0.1) is 15.6 Å². The zero-order valence-corrected chi connectivity index (χ0v) is 23.9. The van der Waals surface area contributed by atoms with E-state index < -0.39 is 40.2 Å². The Hall–Kier alpha value is -3.14. The summed E-state index contributed by atoms with van der Waals surface area (Å²) in [5.41, 5.74) is 0.583. The average Bonchev–Trinajstić information content (AvgIpc) is 2.92. The third-order valence-corrected chi connectivity index (χ3v) is 8.38. The molecule has 7 nitrogen and oxygen atoms in total. The van der Waals surface area contributed by atoms with Gasteiger partial charge in [0.2, 0.25) is 11.8 Å². The van der Waals surface area contributed by atoms with Gasteiger partial charge in [-0.25, -0.2) is 12.8 Å². The number of carbonyl (C=O) groups excluding carboxylic acids is 2. The van der Waals surface area contributed by atoms with Gasteiger partial charge in [-0.15, -0.1) is 0 Å². The molecule has 39 heavy (non-hydrogen) atoms. The molecule has 11 heteroatoms. The van der Waals surface area contributed by atoms with Crippen molar-refractivity contribution < 1.29 is 22.4 Å². The van der Waals surface area contributed by atoms with E-state index in [2.05, 4.69) is 5.32 Å². The lowest BCUT2D eigenvalue weighted by molar-refractivity contribution is -0.139. The second kappa shape index (κ2) is 13.8. The minimum atomic E-state index is -4.27. The number of unbranched alkanes of at least 4 members (excludes halogenated alkanes) is 1. The molecule has 1 N–H and O–H groups in total. The largest absolute Gasteiger partial charge is 0.354 e. The molecule has 0 heterocycles. The van der Waals surface area contributed by atoms with E-state index in [9.17, 15) is 22.4 Å². The van der Waals surface area contributed by atoms with Gasteiger partial charge in [-0.2, -0.15) is 0 Å². The van der Waals surface area contributed by atoms with Crippen molar-refractivity contribution in [2.45, 2.75) is 44.2 Å². The number of nitrogens with one attached hydrogen (secondary N) is 1. The minimum Gasteiger partial charge on any atom is -0.354 e. The smallest absolute Gasteiger partial charge is 0.264 e. The number of anilines is 1. The minimum absolute atomic E-state index is 0.0168. The van der Waals surface area contributed by atoms with Crippen molar-refractivity contribution >= 4 is 50.7 Å². The van der Waals surface area contributed by atoms with Gasteiger partial charge in [-0.05, 0) is 61.4 Å². The first-order valence-electron chi connectivity index (χ1n) is 12.4. The zero-order chi connectivity index (χ0) is 28.6. The van der Waals surface area contributed by atoms with E-state index in [4.69, 9.17) is 23.2 Å². The Morgan fingerprint density at radius 3 is 2.31 bits per heavy atom. The topological polar surface area (TPSA) is 86.8 Å². The van der Waals surface area contributed by atoms with E-state index in [-0.39, 0.29) is 27.2 Å². The highest BCUT2D eigenvalue weighted by atomic mass is 35.5. The summed E-state index contributed by atoms with van der Waals surface area (Å²) in [6.07, 6.45) is 1.64. The Morgan fingerprint density at radius 1 is 1.00 bits per heavy atom. The van der Waals surface area contributed by atoms with Gasteiger partial charge in [0.25, 0.3) is 10.0 Å². The molecule has 3 aromatic carbocycles. The maximum Gasteiger partial charge on any atom is 0.264 e. The van der Waals surface area contributed by atoms with Gasteiger partial charge in [0.1, 0.15) is 18.4 Å². The lowest BCUT2D eigenvalue weighted by Gasteiger charge is -2.32. The molecule has 0 saturated carbocycles. The molecule has 1 unspecified atom stereocenters. The molecule has 0 aliphatic rings. The summed E-state index contributed by atoms with van der Waals surface area (Å²) in [5, 5.41) is 3.10. The van der Waals surface area contributed by atoms with Crippen molar-refractivity contribution in [2.24, 2.45) is 0 Å². The zero-order valence-electron chi connectivity index (χ0n) is 21.6. The Kier molecular flexibility index (Phi) is 10.7. The van der Waals surface area contributed by atoms with Crippen LogP contribution in [0.25, 0.3) is 0 Å². The number of benzene rings is 3. The molecule has 0 aromatic heterocycles. The molecule has 0 spiro atoms. The van der Waals surface area contributed by atoms with Gasteiger partial charge in [0.15, 0.2) is 0 Å². The van der Waals surface area contributed by atoms with Gasteiger partial charge >= 0.3 is 0 Å². The monoisotopic (exact) mass is 593 g/mol. The van der Waals surface area contributed by atoms with Crippen LogP contribution in [0.4, 0.5) is 10.1 Å². The van der Waals surface area contributed by atoms with Crippen LogP contribution < -0.4 is 9.62 Å². The Morgan fingerprint density at radius 2 is 1.67 bits per heavy atom. The summed E-state index contributed by atoms with van der Waals surface area (Å²) in [7, 11) is -4.27. The molecule has 3 aromatic rings. The van der Waals surface area contributed by atoms with Crippen molar-refractivity contribution in [1.82, 2.24) is 10.2 Å². The van der Waals surface area contributed by atoms with Crippen LogP contribution in [0.3, 0.4) is 0 Å². The van der Waals surface area contributed by atoms with E-state index in [1.807, 2.05) is 6.92 Å². The molecular formula is C28H30Cl2FN3O4S. The van der Waals surface area contributed by atoms with Crippen LogP contribution in [0.1, 0.15) is 32.3 Å². The van der Waals surface area contributed by atoms with Crippen LogP contribution in [-0.2, 0) is 26.2 Å². The van der Waals surface area contributed by atoms with Crippen LogP contribution in [0, 0.1) is 5.82 Å². The fourth-order valence-electron chi connectivity index (χ4n) is 3.82. The number of carbonyl (C=O) groups is 2. The Bertz CT molecular complexity index is 1390. The van der Waals surface area contributed by atoms with Crippen molar-refractivity contribution in [3.63, 3.8) is 0 Å². The second-order valence-electron chi connectivity index (χ2n) is 8.89. The standard InChI is InChI=1S/C28H30Cl2FN3O4S/c1-3-4-16-32-28(36)20(2)33(18-21-10-13-23(31)14-11-21)27(35)19-34(26-17-22(29)12-15-25(26)30)39(37,38)24-8-6-5-7-9-24/h5-15,17,20H,3-4,16,18-19H2,1-2H3,(H,32,36). The van der Waals surface area contributed by atoms with Gasteiger partial charge in [0, 0.05) is 18.1 Å². The van der Waals surface area contributed by atoms with E-state index in [1.165, 1.54) is 59.5 Å². The van der Waals surface area contributed by atoms with Crippen LogP contribution in [-0.4, -0.2) is 44.3 Å². The first kappa shape index (κ1) is 30.4. The molecule has 0 aliphatic carbocycles. The molecular weight excluding hydrogens is 564 g/mol. The average molecular weight is 595 g/mol. The van der Waals surface area contributed by atoms with Gasteiger partial charge < -0.3 is 10.2 Å². The molecule has 1 atom stereocenters. The fraction of sp³-hybridized carbons (Fsp3) is 0.286. The summed E-state index contributed by atoms with van der Waals surface area (Å²) in [5.74, 6) is -1.50. The maximum absolute atomic E-state index is 13.8. The normalized spacial score (nSPS) is 12.0. The Labute approximate surface area is 238 Å². The summed E-state index contributed by atoms with van der Waals surface area (Å²) in [4.78, 5) is 28.0. The first-order chi connectivity index (χ1) is 18.5. The molecule has 0 bridgehead atoms. The molecule has 0 aliphatic heterocycles. The Balaban J connectivity index is 2.02. The highest BCUT2D eigenvalue weighted by molar-refractivity contribution is 7.92. The second-order valence-corrected chi connectivity index (χ2v) is 11.6.